The molecule has 1 heterocycles. The van der Waals surface area contributed by atoms with Gasteiger partial charge >= 0.3 is 0 Å². The molecule has 1 rings (SSSR count). The first kappa shape index (κ1) is 10.3. The van der Waals surface area contributed by atoms with Crippen molar-refractivity contribution in [3.05, 3.63) is 24.0 Å². The van der Waals surface area contributed by atoms with E-state index in [2.05, 4.69) is 5.43 Å². The predicted octanol–water partition coefficient (Wildman–Crippen LogP) is 0.301. The van der Waals surface area contributed by atoms with Crippen molar-refractivity contribution in [1.82, 2.24) is 9.99 Å². The van der Waals surface area contributed by atoms with Crippen LogP contribution in [0, 0.1) is 11.3 Å². The number of nitrogens with two attached hydrogens (primary N) is 1. The van der Waals surface area contributed by atoms with E-state index < -0.39 is 6.04 Å². The molecule has 1 unspecified atom stereocenters. The second-order valence-corrected chi connectivity index (χ2v) is 2.85. The molecule has 5 nitrogen and oxygen atoms in total. The molecule has 0 aliphatic carbocycles. The lowest BCUT2D eigenvalue weighted by Gasteiger charge is -2.15. The Balaban J connectivity index is 3.01. The second kappa shape index (κ2) is 4.44. The lowest BCUT2D eigenvalue weighted by molar-refractivity contribution is -0.124. The van der Waals surface area contributed by atoms with E-state index in [9.17, 15) is 4.79 Å². The van der Waals surface area contributed by atoms with Crippen LogP contribution in [0.3, 0.4) is 0 Å². The highest BCUT2D eigenvalue weighted by molar-refractivity contribution is 5.79. The van der Waals surface area contributed by atoms with Gasteiger partial charge in [-0.3, -0.25) is 10.2 Å². The first-order chi connectivity index (χ1) is 6.74. The third-order valence-corrected chi connectivity index (χ3v) is 2.06. The van der Waals surface area contributed by atoms with Crippen LogP contribution in [0.1, 0.15) is 25.1 Å². The normalized spacial score (nSPS) is 11.8. The van der Waals surface area contributed by atoms with E-state index in [1.807, 2.05) is 13.0 Å². The molecule has 0 spiro atoms. The molecule has 0 fully saturated rings. The summed E-state index contributed by atoms with van der Waals surface area (Å²) in [7, 11) is 0. The Kier molecular flexibility index (Phi) is 3.26. The van der Waals surface area contributed by atoms with Gasteiger partial charge in [-0.1, -0.05) is 6.92 Å². The number of nitrogens with zero attached hydrogens (tertiary/aromatic N) is 2. The van der Waals surface area contributed by atoms with Crippen LogP contribution in [0.15, 0.2) is 18.3 Å². The molecule has 1 atom stereocenters. The van der Waals surface area contributed by atoms with Gasteiger partial charge in [0, 0.05) is 6.20 Å². The number of hydrogen-bond acceptors (Lipinski definition) is 3. The number of amides is 1. The summed E-state index contributed by atoms with van der Waals surface area (Å²) in [5.74, 6) is 4.76. The number of aromatic nitrogens is 1. The molecule has 14 heavy (non-hydrogen) atoms. The number of hydrazine groups is 1. The minimum Gasteiger partial charge on any atom is -0.327 e. The zero-order valence-electron chi connectivity index (χ0n) is 7.90. The van der Waals surface area contributed by atoms with E-state index in [1.165, 1.54) is 0 Å². The molecule has 0 aliphatic rings. The summed E-state index contributed by atoms with van der Waals surface area (Å²) in [6.45, 7) is 1.86. The summed E-state index contributed by atoms with van der Waals surface area (Å²) in [5.41, 5.74) is 2.55. The van der Waals surface area contributed by atoms with E-state index in [0.29, 0.717) is 12.1 Å². The van der Waals surface area contributed by atoms with Crippen LogP contribution >= 0.6 is 0 Å². The van der Waals surface area contributed by atoms with Crippen LogP contribution in [0.2, 0.25) is 0 Å². The highest BCUT2D eigenvalue weighted by Gasteiger charge is 2.18. The number of hydrogen-bond donors (Lipinski definition) is 2. The summed E-state index contributed by atoms with van der Waals surface area (Å²) >= 11 is 0. The fourth-order valence-corrected chi connectivity index (χ4v) is 1.36. The average molecular weight is 192 g/mol. The number of nitriles is 1. The van der Waals surface area contributed by atoms with Crippen LogP contribution in [-0.2, 0) is 4.79 Å². The molecule has 5 heteroatoms. The molecule has 1 aromatic rings. The standard InChI is InChI=1S/C9H12N4O/c1-2-8(9(14)12-11)13-5-3-4-7(13)6-10/h3-5,8H,2,11H2,1H3,(H,12,14). The summed E-state index contributed by atoms with van der Waals surface area (Å²) < 4.78 is 1.61. The van der Waals surface area contributed by atoms with Crippen LogP contribution in [-0.4, -0.2) is 10.5 Å². The smallest absolute Gasteiger partial charge is 0.256 e. The van der Waals surface area contributed by atoms with Gasteiger partial charge < -0.3 is 4.57 Å². The minimum atomic E-state index is -0.412. The molecule has 74 valence electrons. The van der Waals surface area contributed by atoms with Gasteiger partial charge in [0.2, 0.25) is 0 Å². The molecule has 0 saturated carbocycles. The quantitative estimate of drug-likeness (QED) is 0.410. The molecular formula is C9H12N4O. The zero-order chi connectivity index (χ0) is 10.6. The van der Waals surface area contributed by atoms with Crippen LogP contribution in [0.4, 0.5) is 0 Å². The van der Waals surface area contributed by atoms with Gasteiger partial charge in [-0.2, -0.15) is 5.26 Å². The molecule has 1 amide bonds. The van der Waals surface area contributed by atoms with Gasteiger partial charge in [0.1, 0.15) is 17.8 Å². The first-order valence-electron chi connectivity index (χ1n) is 4.32. The topological polar surface area (TPSA) is 83.8 Å². The Hall–Kier alpha value is -1.80. The molecule has 1 aromatic heterocycles. The lowest BCUT2D eigenvalue weighted by Crippen LogP contribution is -2.37. The summed E-state index contributed by atoms with van der Waals surface area (Å²) in [4.78, 5) is 11.3. The lowest BCUT2D eigenvalue weighted by atomic mass is 10.2. The summed E-state index contributed by atoms with van der Waals surface area (Å²) in [6, 6.07) is 4.99. The zero-order valence-corrected chi connectivity index (χ0v) is 7.90. The number of nitrogens with one attached hydrogen (secondary N) is 1. The maximum Gasteiger partial charge on any atom is 0.256 e. The molecular weight excluding hydrogens is 180 g/mol. The van der Waals surface area contributed by atoms with Gasteiger partial charge in [0.05, 0.1) is 0 Å². The third kappa shape index (κ3) is 1.75. The summed E-state index contributed by atoms with van der Waals surface area (Å²) in [5, 5.41) is 8.77. The Morgan fingerprint density at radius 2 is 2.57 bits per heavy atom. The second-order valence-electron chi connectivity index (χ2n) is 2.85. The maximum absolute atomic E-state index is 11.3. The van der Waals surface area contributed by atoms with Crippen molar-refractivity contribution in [1.29, 1.82) is 5.26 Å². The minimum absolute atomic E-state index is 0.291. The van der Waals surface area contributed by atoms with Crippen molar-refractivity contribution in [2.75, 3.05) is 0 Å². The molecule has 0 aromatic carbocycles. The van der Waals surface area contributed by atoms with Gasteiger partial charge in [0.25, 0.3) is 5.91 Å². The van der Waals surface area contributed by atoms with E-state index in [-0.39, 0.29) is 5.91 Å². The van der Waals surface area contributed by atoms with Crippen LogP contribution in [0.5, 0.6) is 0 Å². The van der Waals surface area contributed by atoms with Crippen LogP contribution in [0.25, 0.3) is 0 Å². The van der Waals surface area contributed by atoms with E-state index in [1.54, 1.807) is 22.9 Å². The number of rotatable bonds is 3. The van der Waals surface area contributed by atoms with Crippen molar-refractivity contribution in [2.45, 2.75) is 19.4 Å². The van der Waals surface area contributed by atoms with Gasteiger partial charge in [-0.25, -0.2) is 5.84 Å². The van der Waals surface area contributed by atoms with Gasteiger partial charge in [-0.05, 0) is 18.6 Å². The molecule has 0 saturated heterocycles. The Morgan fingerprint density at radius 3 is 3.07 bits per heavy atom. The van der Waals surface area contributed by atoms with Crippen molar-refractivity contribution in [3.63, 3.8) is 0 Å². The van der Waals surface area contributed by atoms with Gasteiger partial charge in [0.15, 0.2) is 0 Å². The van der Waals surface area contributed by atoms with Crippen molar-refractivity contribution in [3.8, 4) is 6.07 Å². The largest absolute Gasteiger partial charge is 0.327 e. The highest BCUT2D eigenvalue weighted by atomic mass is 16.2. The Labute approximate surface area is 82.1 Å². The van der Waals surface area contributed by atoms with Crippen LogP contribution < -0.4 is 11.3 Å². The summed E-state index contributed by atoms with van der Waals surface area (Å²) in [6.07, 6.45) is 2.29. The fraction of sp³-hybridized carbons (Fsp3) is 0.333. The van der Waals surface area contributed by atoms with Crippen molar-refractivity contribution in [2.24, 2.45) is 5.84 Å². The Morgan fingerprint density at radius 1 is 1.86 bits per heavy atom. The van der Waals surface area contributed by atoms with Crippen molar-refractivity contribution >= 4 is 5.91 Å². The number of carbonyl (C=O) groups excluding carboxylic acids is 1. The monoisotopic (exact) mass is 192 g/mol. The molecule has 0 bridgehead atoms. The van der Waals surface area contributed by atoms with E-state index in [0.717, 1.165) is 0 Å². The van der Waals surface area contributed by atoms with E-state index >= 15 is 0 Å². The van der Waals surface area contributed by atoms with Crippen molar-refractivity contribution < 1.29 is 4.79 Å². The van der Waals surface area contributed by atoms with Gasteiger partial charge in [-0.15, -0.1) is 0 Å². The fourth-order valence-electron chi connectivity index (χ4n) is 1.36. The highest BCUT2D eigenvalue weighted by Crippen LogP contribution is 2.14. The predicted molar refractivity (Wildman–Crippen MR) is 50.8 cm³/mol. The maximum atomic E-state index is 11.3. The third-order valence-electron chi connectivity index (χ3n) is 2.06. The number of carbonyl (C=O) groups is 1. The SMILES string of the molecule is CCC(C(=O)NN)n1cccc1C#N. The molecule has 0 radical (unpaired) electrons. The van der Waals surface area contributed by atoms with E-state index in [4.69, 9.17) is 11.1 Å². The molecule has 3 N–H and O–H groups in total. The average Bonchev–Trinajstić information content (AvgIpc) is 2.66. The first-order valence-corrected chi connectivity index (χ1v) is 4.32. The molecule has 0 aliphatic heterocycles. The Bertz CT molecular complexity index is 363.